The van der Waals surface area contributed by atoms with Gasteiger partial charge in [0.2, 0.25) is 5.89 Å². The molecule has 1 aliphatic rings. The van der Waals surface area contributed by atoms with E-state index in [1.807, 2.05) is 19.9 Å². The van der Waals surface area contributed by atoms with Gasteiger partial charge in [0.25, 0.3) is 5.89 Å². The first kappa shape index (κ1) is 14.3. The average molecular weight is 291 g/mol. The standard InChI is InChI=1S/C15H21N3O3/c1-10-7-13(11(2)20-10)15-17-16-14(21-15)9-18-5-3-12(8-18)4-6-19/h7,12,19H,3-6,8-9H2,1-2H3. The van der Waals surface area contributed by atoms with Crippen LogP contribution in [0, 0.1) is 19.8 Å². The molecule has 1 saturated heterocycles. The molecule has 0 aliphatic carbocycles. The van der Waals surface area contributed by atoms with Crippen molar-refractivity contribution in [3.05, 3.63) is 23.5 Å². The van der Waals surface area contributed by atoms with Gasteiger partial charge in [0.05, 0.1) is 12.1 Å². The van der Waals surface area contributed by atoms with Crippen molar-refractivity contribution >= 4 is 0 Å². The summed E-state index contributed by atoms with van der Waals surface area (Å²) in [5.74, 6) is 3.37. The van der Waals surface area contributed by atoms with Crippen LogP contribution in [0.5, 0.6) is 0 Å². The van der Waals surface area contributed by atoms with Gasteiger partial charge in [0.1, 0.15) is 11.5 Å². The van der Waals surface area contributed by atoms with E-state index in [1.165, 1.54) is 0 Å². The topological polar surface area (TPSA) is 75.5 Å². The number of nitrogens with zero attached hydrogens (tertiary/aromatic N) is 3. The molecule has 3 rings (SSSR count). The van der Waals surface area contributed by atoms with Crippen LogP contribution in [-0.4, -0.2) is 39.9 Å². The lowest BCUT2D eigenvalue weighted by Crippen LogP contribution is -2.20. The van der Waals surface area contributed by atoms with E-state index in [9.17, 15) is 0 Å². The molecular weight excluding hydrogens is 270 g/mol. The van der Waals surface area contributed by atoms with Crippen LogP contribution in [-0.2, 0) is 6.54 Å². The predicted octanol–water partition coefficient (Wildman–Crippen LogP) is 2.15. The highest BCUT2D eigenvalue weighted by atomic mass is 16.4. The molecule has 6 heteroatoms. The number of rotatable bonds is 5. The third kappa shape index (κ3) is 3.16. The molecule has 0 aromatic carbocycles. The number of aliphatic hydroxyl groups excluding tert-OH is 1. The molecule has 1 N–H and O–H groups in total. The first-order valence-electron chi connectivity index (χ1n) is 7.38. The zero-order valence-corrected chi connectivity index (χ0v) is 12.5. The largest absolute Gasteiger partial charge is 0.466 e. The Bertz CT molecular complexity index is 605. The Morgan fingerprint density at radius 3 is 2.90 bits per heavy atom. The minimum absolute atomic E-state index is 0.266. The highest BCUT2D eigenvalue weighted by Gasteiger charge is 2.24. The van der Waals surface area contributed by atoms with Crippen molar-refractivity contribution in [2.24, 2.45) is 5.92 Å². The molecule has 0 spiro atoms. The molecule has 0 saturated carbocycles. The molecule has 114 valence electrons. The van der Waals surface area contributed by atoms with Crippen molar-refractivity contribution in [2.45, 2.75) is 33.2 Å². The second kappa shape index (κ2) is 5.99. The maximum Gasteiger partial charge on any atom is 0.251 e. The molecule has 6 nitrogen and oxygen atoms in total. The molecule has 2 aromatic heterocycles. The second-order valence-electron chi connectivity index (χ2n) is 5.73. The predicted molar refractivity (Wildman–Crippen MR) is 76.6 cm³/mol. The van der Waals surface area contributed by atoms with Crippen LogP contribution in [0.4, 0.5) is 0 Å². The van der Waals surface area contributed by atoms with Gasteiger partial charge >= 0.3 is 0 Å². The summed E-state index contributed by atoms with van der Waals surface area (Å²) < 4.78 is 11.2. The maximum atomic E-state index is 8.99. The van der Waals surface area contributed by atoms with E-state index in [0.717, 1.165) is 43.0 Å². The summed E-state index contributed by atoms with van der Waals surface area (Å²) in [5, 5.41) is 17.2. The van der Waals surface area contributed by atoms with Gasteiger partial charge in [0.15, 0.2) is 0 Å². The first-order valence-corrected chi connectivity index (χ1v) is 7.38. The Morgan fingerprint density at radius 2 is 2.19 bits per heavy atom. The van der Waals surface area contributed by atoms with Crippen molar-refractivity contribution in [1.82, 2.24) is 15.1 Å². The van der Waals surface area contributed by atoms with E-state index in [4.69, 9.17) is 13.9 Å². The average Bonchev–Trinajstić information content (AvgIpc) is 3.12. The fourth-order valence-electron chi connectivity index (χ4n) is 2.94. The summed E-state index contributed by atoms with van der Waals surface area (Å²) in [4.78, 5) is 2.30. The van der Waals surface area contributed by atoms with E-state index in [1.54, 1.807) is 0 Å². The maximum absolute atomic E-state index is 8.99. The lowest BCUT2D eigenvalue weighted by molar-refractivity contribution is 0.243. The number of aromatic nitrogens is 2. The Hall–Kier alpha value is -1.66. The van der Waals surface area contributed by atoms with Crippen LogP contribution in [0.3, 0.4) is 0 Å². The summed E-state index contributed by atoms with van der Waals surface area (Å²) in [7, 11) is 0. The van der Waals surface area contributed by atoms with E-state index in [-0.39, 0.29) is 6.61 Å². The van der Waals surface area contributed by atoms with Gasteiger partial charge in [-0.1, -0.05) is 0 Å². The third-order valence-corrected chi connectivity index (χ3v) is 4.00. The molecule has 1 fully saturated rings. The highest BCUT2D eigenvalue weighted by molar-refractivity contribution is 5.55. The van der Waals surface area contributed by atoms with Gasteiger partial charge in [-0.05, 0) is 45.2 Å². The molecule has 1 unspecified atom stereocenters. The summed E-state index contributed by atoms with van der Waals surface area (Å²) in [6.45, 7) is 6.74. The molecule has 3 heterocycles. The SMILES string of the molecule is Cc1cc(-c2nnc(CN3CCC(CCO)C3)o2)c(C)o1. The van der Waals surface area contributed by atoms with Crippen molar-refractivity contribution in [3.63, 3.8) is 0 Å². The van der Waals surface area contributed by atoms with Crippen LogP contribution in [0.2, 0.25) is 0 Å². The Morgan fingerprint density at radius 1 is 1.33 bits per heavy atom. The zero-order chi connectivity index (χ0) is 14.8. The van der Waals surface area contributed by atoms with Crippen molar-refractivity contribution in [3.8, 4) is 11.5 Å². The van der Waals surface area contributed by atoms with E-state index < -0.39 is 0 Å². The normalized spacial score (nSPS) is 19.5. The zero-order valence-electron chi connectivity index (χ0n) is 12.5. The van der Waals surface area contributed by atoms with Gasteiger partial charge in [0, 0.05) is 13.2 Å². The van der Waals surface area contributed by atoms with Crippen LogP contribution in [0.1, 0.15) is 30.3 Å². The molecule has 0 amide bonds. The van der Waals surface area contributed by atoms with Gasteiger partial charge in [-0.25, -0.2) is 0 Å². The Labute approximate surface area is 123 Å². The molecule has 21 heavy (non-hydrogen) atoms. The third-order valence-electron chi connectivity index (χ3n) is 4.00. The number of aryl methyl sites for hydroxylation is 2. The molecule has 1 atom stereocenters. The summed E-state index contributed by atoms with van der Waals surface area (Å²) in [5.41, 5.74) is 0.867. The lowest BCUT2D eigenvalue weighted by Gasteiger charge is -2.12. The molecular formula is C15H21N3O3. The lowest BCUT2D eigenvalue weighted by atomic mass is 10.1. The summed E-state index contributed by atoms with van der Waals surface area (Å²) >= 11 is 0. The minimum Gasteiger partial charge on any atom is -0.466 e. The van der Waals surface area contributed by atoms with Gasteiger partial charge in [-0.3, -0.25) is 4.90 Å². The second-order valence-corrected chi connectivity index (χ2v) is 5.73. The smallest absolute Gasteiger partial charge is 0.251 e. The molecule has 1 aliphatic heterocycles. The number of furan rings is 1. The highest BCUT2D eigenvalue weighted by Crippen LogP contribution is 2.26. The molecule has 2 aromatic rings. The summed E-state index contributed by atoms with van der Waals surface area (Å²) in [6, 6.07) is 1.92. The van der Waals surface area contributed by atoms with Crippen molar-refractivity contribution < 1.29 is 13.9 Å². The Balaban J connectivity index is 1.65. The van der Waals surface area contributed by atoms with Crippen LogP contribution >= 0.6 is 0 Å². The van der Waals surface area contributed by atoms with Crippen molar-refractivity contribution in [2.75, 3.05) is 19.7 Å². The monoisotopic (exact) mass is 291 g/mol. The summed E-state index contributed by atoms with van der Waals surface area (Å²) in [6.07, 6.45) is 2.00. The Kier molecular flexibility index (Phi) is 4.07. The number of hydrogen-bond donors (Lipinski definition) is 1. The van der Waals surface area contributed by atoms with E-state index in [2.05, 4.69) is 15.1 Å². The van der Waals surface area contributed by atoms with Crippen LogP contribution < -0.4 is 0 Å². The quantitative estimate of drug-likeness (QED) is 0.909. The van der Waals surface area contributed by atoms with Gasteiger partial charge in [-0.2, -0.15) is 0 Å². The van der Waals surface area contributed by atoms with Gasteiger partial charge < -0.3 is 13.9 Å². The van der Waals surface area contributed by atoms with E-state index >= 15 is 0 Å². The fraction of sp³-hybridized carbons (Fsp3) is 0.600. The van der Waals surface area contributed by atoms with Crippen molar-refractivity contribution in [1.29, 1.82) is 0 Å². The van der Waals surface area contributed by atoms with Gasteiger partial charge in [-0.15, -0.1) is 10.2 Å². The number of aliphatic hydroxyl groups is 1. The van der Waals surface area contributed by atoms with Crippen LogP contribution in [0.25, 0.3) is 11.5 Å². The fourth-order valence-corrected chi connectivity index (χ4v) is 2.94. The van der Waals surface area contributed by atoms with Crippen LogP contribution in [0.15, 0.2) is 14.9 Å². The molecule has 0 radical (unpaired) electrons. The van der Waals surface area contributed by atoms with E-state index in [0.29, 0.717) is 24.2 Å². The molecule has 0 bridgehead atoms. The number of hydrogen-bond acceptors (Lipinski definition) is 6. The minimum atomic E-state index is 0.266. The first-order chi connectivity index (χ1) is 10.2. The number of likely N-dealkylation sites (tertiary alicyclic amines) is 1.